The smallest absolute Gasteiger partial charge is 0.0662 e. The molecule has 0 aliphatic rings. The van der Waals surface area contributed by atoms with Crippen LogP contribution in [0.2, 0.25) is 0 Å². The van der Waals surface area contributed by atoms with Crippen LogP contribution < -0.4 is 5.32 Å². The number of nitrogens with zero attached hydrogens (tertiary/aromatic N) is 2. The minimum atomic E-state index is 0.549. The summed E-state index contributed by atoms with van der Waals surface area (Å²) in [5.74, 6) is 0. The van der Waals surface area contributed by atoms with Crippen molar-refractivity contribution in [3.8, 4) is 0 Å². The largest absolute Gasteiger partial charge is 0.314 e. The summed E-state index contributed by atoms with van der Waals surface area (Å²) in [7, 11) is 0. The Morgan fingerprint density at radius 1 is 1.26 bits per heavy atom. The van der Waals surface area contributed by atoms with Crippen molar-refractivity contribution >= 4 is 0 Å². The summed E-state index contributed by atoms with van der Waals surface area (Å²) in [6.07, 6.45) is 10.9. The van der Waals surface area contributed by atoms with Crippen molar-refractivity contribution in [3.63, 3.8) is 0 Å². The number of hydrogen-bond acceptors (Lipinski definition) is 2. The Hall–Kier alpha value is -1.09. The number of rotatable bonds is 9. The SMILES string of the molecule is CCC(CC)n1ccc(CC=CCCNC(C)C)n1. The van der Waals surface area contributed by atoms with Gasteiger partial charge in [-0.15, -0.1) is 0 Å². The Labute approximate surface area is 118 Å². The molecule has 0 radical (unpaired) electrons. The Kier molecular flexibility index (Phi) is 7.49. The third-order valence-electron chi connectivity index (χ3n) is 3.34. The van der Waals surface area contributed by atoms with Crippen molar-refractivity contribution in [2.24, 2.45) is 0 Å². The van der Waals surface area contributed by atoms with Crippen molar-refractivity contribution < 1.29 is 0 Å². The summed E-state index contributed by atoms with van der Waals surface area (Å²) in [6.45, 7) is 9.84. The second kappa shape index (κ2) is 8.92. The lowest BCUT2D eigenvalue weighted by Gasteiger charge is -2.12. The van der Waals surface area contributed by atoms with Gasteiger partial charge in [0.2, 0.25) is 0 Å². The molecule has 108 valence electrons. The molecular formula is C16H29N3. The van der Waals surface area contributed by atoms with Crippen LogP contribution >= 0.6 is 0 Å². The summed E-state index contributed by atoms with van der Waals surface area (Å²) in [5.41, 5.74) is 1.17. The average Bonchev–Trinajstić information content (AvgIpc) is 2.83. The molecule has 0 aromatic carbocycles. The third kappa shape index (κ3) is 6.06. The molecule has 0 fully saturated rings. The second-order valence-corrected chi connectivity index (χ2v) is 5.33. The van der Waals surface area contributed by atoms with Gasteiger partial charge in [-0.3, -0.25) is 4.68 Å². The zero-order chi connectivity index (χ0) is 14.1. The predicted molar refractivity (Wildman–Crippen MR) is 82.4 cm³/mol. The predicted octanol–water partition coefficient (Wildman–Crippen LogP) is 3.73. The van der Waals surface area contributed by atoms with Crippen LogP contribution in [0.1, 0.15) is 58.7 Å². The van der Waals surface area contributed by atoms with Crippen molar-refractivity contribution in [2.75, 3.05) is 6.54 Å². The van der Waals surface area contributed by atoms with Crippen LogP contribution in [0.25, 0.3) is 0 Å². The van der Waals surface area contributed by atoms with Crippen LogP contribution in [0.4, 0.5) is 0 Å². The van der Waals surface area contributed by atoms with Gasteiger partial charge in [-0.25, -0.2) is 0 Å². The van der Waals surface area contributed by atoms with Crippen LogP contribution in [0.3, 0.4) is 0 Å². The molecule has 3 nitrogen and oxygen atoms in total. The molecule has 1 N–H and O–H groups in total. The van der Waals surface area contributed by atoms with Crippen molar-refractivity contribution in [3.05, 3.63) is 30.1 Å². The average molecular weight is 263 g/mol. The fourth-order valence-electron chi connectivity index (χ4n) is 2.13. The molecule has 1 heterocycles. The van der Waals surface area contributed by atoms with Crippen molar-refractivity contribution in [1.29, 1.82) is 0 Å². The standard InChI is InChI=1S/C16H29N3/c1-5-16(6-2)19-13-11-15(18-19)10-8-7-9-12-17-14(3)4/h7-8,11,13-14,16-17H,5-6,9-10,12H2,1-4H3. The Bertz CT molecular complexity index is 362. The normalized spacial score (nSPS) is 12.1. The summed E-state index contributed by atoms with van der Waals surface area (Å²) < 4.78 is 2.11. The molecule has 1 aromatic heterocycles. The molecule has 19 heavy (non-hydrogen) atoms. The molecule has 0 aliphatic carbocycles. The minimum absolute atomic E-state index is 0.549. The first-order chi connectivity index (χ1) is 9.17. The molecule has 0 spiro atoms. The van der Waals surface area contributed by atoms with E-state index < -0.39 is 0 Å². The highest BCUT2D eigenvalue weighted by molar-refractivity contribution is 5.05. The van der Waals surface area contributed by atoms with Crippen LogP contribution in [-0.4, -0.2) is 22.4 Å². The second-order valence-electron chi connectivity index (χ2n) is 5.33. The number of nitrogens with one attached hydrogen (secondary N) is 1. The summed E-state index contributed by atoms with van der Waals surface area (Å²) in [5, 5.41) is 8.06. The van der Waals surface area contributed by atoms with E-state index in [1.54, 1.807) is 0 Å². The van der Waals surface area contributed by atoms with Gasteiger partial charge in [0, 0.05) is 18.7 Å². The van der Waals surface area contributed by atoms with E-state index in [-0.39, 0.29) is 0 Å². The molecule has 0 aliphatic heterocycles. The first kappa shape index (κ1) is 16.0. The third-order valence-corrected chi connectivity index (χ3v) is 3.34. The molecule has 0 unspecified atom stereocenters. The maximum absolute atomic E-state index is 4.65. The van der Waals surface area contributed by atoms with Crippen LogP contribution in [0, 0.1) is 0 Å². The first-order valence-electron chi connectivity index (χ1n) is 7.59. The van der Waals surface area contributed by atoms with Gasteiger partial charge >= 0.3 is 0 Å². The number of hydrogen-bond donors (Lipinski definition) is 1. The lowest BCUT2D eigenvalue weighted by molar-refractivity contribution is 0.426. The molecule has 0 saturated carbocycles. The van der Waals surface area contributed by atoms with Crippen LogP contribution in [0.5, 0.6) is 0 Å². The van der Waals surface area contributed by atoms with Gasteiger partial charge in [0.25, 0.3) is 0 Å². The Morgan fingerprint density at radius 3 is 2.63 bits per heavy atom. The van der Waals surface area contributed by atoms with E-state index in [0.29, 0.717) is 12.1 Å². The number of aromatic nitrogens is 2. The zero-order valence-electron chi connectivity index (χ0n) is 12.9. The molecule has 0 atom stereocenters. The molecule has 0 saturated heterocycles. The molecule has 0 bridgehead atoms. The Morgan fingerprint density at radius 2 is 2.00 bits per heavy atom. The van der Waals surface area contributed by atoms with E-state index in [1.807, 2.05) is 0 Å². The van der Waals surface area contributed by atoms with Crippen molar-refractivity contribution in [1.82, 2.24) is 15.1 Å². The van der Waals surface area contributed by atoms with E-state index in [0.717, 1.165) is 32.2 Å². The highest BCUT2D eigenvalue weighted by Gasteiger charge is 2.06. The summed E-state index contributed by atoms with van der Waals surface area (Å²) in [4.78, 5) is 0. The van der Waals surface area contributed by atoms with E-state index in [4.69, 9.17) is 0 Å². The van der Waals surface area contributed by atoms with Gasteiger partial charge in [-0.1, -0.05) is 39.8 Å². The van der Waals surface area contributed by atoms with E-state index in [9.17, 15) is 0 Å². The van der Waals surface area contributed by atoms with Gasteiger partial charge in [0.15, 0.2) is 0 Å². The van der Waals surface area contributed by atoms with Crippen LogP contribution in [-0.2, 0) is 6.42 Å². The number of allylic oxidation sites excluding steroid dienone is 1. The van der Waals surface area contributed by atoms with Gasteiger partial charge in [-0.2, -0.15) is 5.10 Å². The fourth-order valence-corrected chi connectivity index (χ4v) is 2.13. The van der Waals surface area contributed by atoms with Gasteiger partial charge in [0.1, 0.15) is 0 Å². The quantitative estimate of drug-likeness (QED) is 0.543. The van der Waals surface area contributed by atoms with Crippen LogP contribution in [0.15, 0.2) is 24.4 Å². The molecule has 3 heteroatoms. The Balaban J connectivity index is 2.31. The maximum Gasteiger partial charge on any atom is 0.0662 e. The lowest BCUT2D eigenvalue weighted by atomic mass is 10.2. The van der Waals surface area contributed by atoms with E-state index in [1.165, 1.54) is 5.69 Å². The molecule has 1 rings (SSSR count). The monoisotopic (exact) mass is 263 g/mol. The van der Waals surface area contributed by atoms with E-state index >= 15 is 0 Å². The highest BCUT2D eigenvalue weighted by Crippen LogP contribution is 2.14. The molecule has 0 amide bonds. The van der Waals surface area contributed by atoms with Gasteiger partial charge in [-0.05, 0) is 31.9 Å². The zero-order valence-corrected chi connectivity index (χ0v) is 12.9. The topological polar surface area (TPSA) is 29.9 Å². The summed E-state index contributed by atoms with van der Waals surface area (Å²) in [6, 6.07) is 3.26. The van der Waals surface area contributed by atoms with E-state index in [2.05, 4.69) is 67.2 Å². The van der Waals surface area contributed by atoms with Gasteiger partial charge < -0.3 is 5.32 Å². The van der Waals surface area contributed by atoms with Gasteiger partial charge in [0.05, 0.1) is 11.7 Å². The minimum Gasteiger partial charge on any atom is -0.314 e. The van der Waals surface area contributed by atoms with Crippen molar-refractivity contribution in [2.45, 2.75) is 65.5 Å². The molecular weight excluding hydrogens is 234 g/mol. The summed E-state index contributed by atoms with van der Waals surface area (Å²) >= 11 is 0. The fraction of sp³-hybridized carbons (Fsp3) is 0.688. The lowest BCUT2D eigenvalue weighted by Crippen LogP contribution is -2.23. The maximum atomic E-state index is 4.65. The highest BCUT2D eigenvalue weighted by atomic mass is 15.3. The first-order valence-corrected chi connectivity index (χ1v) is 7.59. The molecule has 1 aromatic rings.